The smallest absolute Gasteiger partial charge is 0.165 e. The maximum atomic E-state index is 9.56. The van der Waals surface area contributed by atoms with E-state index >= 15 is 0 Å². The minimum absolute atomic E-state index is 0.0634. The van der Waals surface area contributed by atoms with E-state index in [1.54, 1.807) is 13.2 Å². The van der Waals surface area contributed by atoms with Gasteiger partial charge in [0.25, 0.3) is 0 Å². The van der Waals surface area contributed by atoms with E-state index in [-0.39, 0.29) is 11.1 Å². The van der Waals surface area contributed by atoms with Crippen molar-refractivity contribution in [3.63, 3.8) is 0 Å². The highest BCUT2D eigenvalue weighted by Gasteiger charge is 2.30. The van der Waals surface area contributed by atoms with Crippen LogP contribution in [0.3, 0.4) is 0 Å². The number of methoxy groups -OCH3 is 1. The zero-order chi connectivity index (χ0) is 16.6. The van der Waals surface area contributed by atoms with Crippen molar-refractivity contribution < 1.29 is 9.47 Å². The molecule has 0 fully saturated rings. The van der Waals surface area contributed by atoms with E-state index in [4.69, 9.17) is 14.9 Å². The Hall–Kier alpha value is -2.65. The van der Waals surface area contributed by atoms with Gasteiger partial charge in [0.1, 0.15) is 23.1 Å². The third-order valence-electron chi connectivity index (χ3n) is 3.95. The Labute approximate surface area is 134 Å². The average molecular weight is 310 g/mol. The first-order valence-corrected chi connectivity index (χ1v) is 7.34. The van der Waals surface area contributed by atoms with Crippen LogP contribution < -0.4 is 10.2 Å². The van der Waals surface area contributed by atoms with Gasteiger partial charge in [0.05, 0.1) is 25.0 Å². The van der Waals surface area contributed by atoms with Gasteiger partial charge in [0, 0.05) is 12.0 Å². The Morgan fingerprint density at radius 3 is 2.83 bits per heavy atom. The molecule has 1 N–H and O–H groups in total. The van der Waals surface area contributed by atoms with Crippen molar-refractivity contribution in [1.29, 1.82) is 10.7 Å². The molecule has 2 heterocycles. The van der Waals surface area contributed by atoms with Crippen LogP contribution in [-0.4, -0.2) is 22.5 Å². The van der Waals surface area contributed by atoms with Crippen LogP contribution in [0.4, 0.5) is 0 Å². The lowest BCUT2D eigenvalue weighted by Gasteiger charge is -2.32. The molecule has 0 saturated heterocycles. The van der Waals surface area contributed by atoms with Crippen LogP contribution in [0.5, 0.6) is 5.75 Å². The number of hydrogen-bond acceptors (Lipinski definition) is 5. The summed E-state index contributed by atoms with van der Waals surface area (Å²) in [5, 5.41) is 22.5. The Balaban J connectivity index is 2.26. The highest BCUT2D eigenvalue weighted by atomic mass is 16.5. The summed E-state index contributed by atoms with van der Waals surface area (Å²) in [6.45, 7) is 4.27. The van der Waals surface area contributed by atoms with Gasteiger partial charge in [0.2, 0.25) is 0 Å². The molecule has 1 aromatic heterocycles. The van der Waals surface area contributed by atoms with E-state index in [9.17, 15) is 5.26 Å². The summed E-state index contributed by atoms with van der Waals surface area (Å²) in [4.78, 5) is 0. The molecule has 0 radical (unpaired) electrons. The molecular formula is C17H18N4O2. The molecule has 23 heavy (non-hydrogen) atoms. The summed E-state index contributed by atoms with van der Waals surface area (Å²) in [7, 11) is 1.57. The Morgan fingerprint density at radius 1 is 1.39 bits per heavy atom. The number of nitrogens with zero attached hydrogens (tertiary/aromatic N) is 3. The number of nitrogens with one attached hydrogen (secondary N) is 1. The van der Waals surface area contributed by atoms with Crippen LogP contribution in [0.25, 0.3) is 5.69 Å². The number of benzene rings is 1. The minimum atomic E-state index is -0.358. The number of nitriles is 1. The first-order valence-electron chi connectivity index (χ1n) is 7.34. The maximum absolute atomic E-state index is 9.56. The average Bonchev–Trinajstić information content (AvgIpc) is 2.54. The lowest BCUT2D eigenvalue weighted by molar-refractivity contribution is -0.0428. The summed E-state index contributed by atoms with van der Waals surface area (Å²) in [5.74, 6) is 0.597. The van der Waals surface area contributed by atoms with Crippen molar-refractivity contribution in [2.45, 2.75) is 32.5 Å². The van der Waals surface area contributed by atoms with E-state index in [2.05, 4.69) is 11.2 Å². The molecule has 0 unspecified atom stereocenters. The summed E-state index contributed by atoms with van der Waals surface area (Å²) in [6.07, 6.45) is 0.566. The van der Waals surface area contributed by atoms with Gasteiger partial charge < -0.3 is 9.47 Å². The lowest BCUT2D eigenvalue weighted by Crippen LogP contribution is -2.37. The maximum Gasteiger partial charge on any atom is 0.165 e. The van der Waals surface area contributed by atoms with Crippen molar-refractivity contribution in [3.8, 4) is 17.5 Å². The van der Waals surface area contributed by atoms with Crippen molar-refractivity contribution in [1.82, 2.24) is 9.78 Å². The van der Waals surface area contributed by atoms with Crippen molar-refractivity contribution in [2.75, 3.05) is 7.11 Å². The molecule has 0 bridgehead atoms. The summed E-state index contributed by atoms with van der Waals surface area (Å²) >= 11 is 0. The molecule has 0 spiro atoms. The quantitative estimate of drug-likeness (QED) is 0.920. The number of aromatic nitrogens is 2. The zero-order valence-corrected chi connectivity index (χ0v) is 13.4. The van der Waals surface area contributed by atoms with Gasteiger partial charge in [-0.1, -0.05) is 12.1 Å². The second kappa shape index (κ2) is 5.52. The van der Waals surface area contributed by atoms with Crippen LogP contribution in [0.1, 0.15) is 30.7 Å². The molecule has 1 aromatic carbocycles. The number of hydrogen-bond donors (Lipinski definition) is 1. The zero-order valence-electron chi connectivity index (χ0n) is 13.4. The normalized spacial score (nSPS) is 15.6. The fourth-order valence-corrected chi connectivity index (χ4v) is 2.77. The molecule has 6 heteroatoms. The van der Waals surface area contributed by atoms with Crippen molar-refractivity contribution >= 4 is 0 Å². The van der Waals surface area contributed by atoms with E-state index in [0.29, 0.717) is 35.7 Å². The molecule has 1 aliphatic heterocycles. The SMILES string of the molecule is COc1ccccc1-n1nc2c(c(C#N)c1=N)CC(C)(C)OC2. The number of para-hydroxylation sites is 2. The molecule has 0 saturated carbocycles. The van der Waals surface area contributed by atoms with E-state index in [0.717, 1.165) is 5.56 Å². The lowest BCUT2D eigenvalue weighted by atomic mass is 9.92. The highest BCUT2D eigenvalue weighted by molar-refractivity contribution is 5.48. The van der Waals surface area contributed by atoms with Crippen molar-refractivity contribution in [3.05, 3.63) is 46.6 Å². The van der Waals surface area contributed by atoms with Gasteiger partial charge in [-0.05, 0) is 26.0 Å². The molecule has 0 atom stereocenters. The standard InChI is InChI=1S/C17H18N4O2/c1-17(2)8-11-12(9-18)16(19)21(20-13(11)10-23-17)14-6-4-5-7-15(14)22-3/h4-7,19H,8,10H2,1-3H3. The van der Waals surface area contributed by atoms with E-state index in [1.165, 1.54) is 4.68 Å². The predicted octanol–water partition coefficient (Wildman–Crippen LogP) is 2.08. The second-order valence-electron chi connectivity index (χ2n) is 6.07. The van der Waals surface area contributed by atoms with Gasteiger partial charge in [-0.15, -0.1) is 0 Å². The van der Waals surface area contributed by atoms with Gasteiger partial charge in [0.15, 0.2) is 5.49 Å². The van der Waals surface area contributed by atoms with E-state index < -0.39 is 0 Å². The first-order chi connectivity index (χ1) is 11.0. The summed E-state index contributed by atoms with van der Waals surface area (Å²) in [6, 6.07) is 9.47. The van der Waals surface area contributed by atoms with Crippen LogP contribution in [-0.2, 0) is 17.8 Å². The monoisotopic (exact) mass is 310 g/mol. The number of rotatable bonds is 2. The molecule has 118 valence electrons. The second-order valence-corrected chi connectivity index (χ2v) is 6.07. The van der Waals surface area contributed by atoms with Crippen molar-refractivity contribution in [2.24, 2.45) is 0 Å². The summed E-state index contributed by atoms with van der Waals surface area (Å²) < 4.78 is 12.6. The topological polar surface area (TPSA) is 83.9 Å². The molecular weight excluding hydrogens is 292 g/mol. The molecule has 0 aliphatic carbocycles. The van der Waals surface area contributed by atoms with Gasteiger partial charge in [-0.2, -0.15) is 10.4 Å². The van der Waals surface area contributed by atoms with Crippen LogP contribution in [0, 0.1) is 16.7 Å². The summed E-state index contributed by atoms with van der Waals surface area (Å²) in [5.41, 5.74) is 2.18. The third-order valence-corrected chi connectivity index (χ3v) is 3.95. The molecule has 0 amide bonds. The van der Waals surface area contributed by atoms with Crippen LogP contribution in [0.2, 0.25) is 0 Å². The number of ether oxygens (including phenoxy) is 2. The van der Waals surface area contributed by atoms with Crippen LogP contribution >= 0.6 is 0 Å². The predicted molar refractivity (Wildman–Crippen MR) is 83.3 cm³/mol. The van der Waals surface area contributed by atoms with E-state index in [1.807, 2.05) is 32.0 Å². The Morgan fingerprint density at radius 2 is 2.13 bits per heavy atom. The minimum Gasteiger partial charge on any atom is -0.494 e. The van der Waals surface area contributed by atoms with Gasteiger partial charge in [-0.3, -0.25) is 5.41 Å². The fourth-order valence-electron chi connectivity index (χ4n) is 2.77. The third kappa shape index (κ3) is 2.60. The van der Waals surface area contributed by atoms with Gasteiger partial charge in [-0.25, -0.2) is 4.68 Å². The Bertz CT molecular complexity index is 862. The van der Waals surface area contributed by atoms with Gasteiger partial charge >= 0.3 is 0 Å². The molecule has 6 nitrogen and oxygen atoms in total. The first kappa shape index (κ1) is 15.3. The molecule has 1 aliphatic rings. The highest BCUT2D eigenvalue weighted by Crippen LogP contribution is 2.28. The molecule has 2 aromatic rings. The largest absolute Gasteiger partial charge is 0.494 e. The number of fused-ring (bicyclic) bond motifs is 1. The van der Waals surface area contributed by atoms with Crippen LogP contribution in [0.15, 0.2) is 24.3 Å². The molecule has 3 rings (SSSR count). The Kier molecular flexibility index (Phi) is 3.66. The fraction of sp³-hybridized carbons (Fsp3) is 0.353.